The van der Waals surface area contributed by atoms with E-state index in [2.05, 4.69) is 26.3 Å². The van der Waals surface area contributed by atoms with Crippen molar-refractivity contribution in [1.29, 1.82) is 0 Å². The third kappa shape index (κ3) is 8.92. The van der Waals surface area contributed by atoms with E-state index in [0.29, 0.717) is 24.1 Å². The zero-order chi connectivity index (χ0) is 40.9. The molecule has 0 fully saturated rings. The number of para-hydroxylation sites is 1. The van der Waals surface area contributed by atoms with Crippen LogP contribution in [0.3, 0.4) is 0 Å². The molecule has 0 saturated heterocycles. The number of phenolic OH excluding ortho intramolecular Hbond substituents is 1. The van der Waals surface area contributed by atoms with Gasteiger partial charge in [0.15, 0.2) is 11.5 Å². The molecule has 0 radical (unpaired) electrons. The fraction of sp³-hybridized carbons (Fsp3) is 0.415. The molecule has 300 valence electrons. The van der Waals surface area contributed by atoms with Crippen molar-refractivity contribution in [2.75, 3.05) is 12.4 Å². The number of aromatic nitrogens is 1. The van der Waals surface area contributed by atoms with Gasteiger partial charge in [-0.15, -0.1) is 0 Å². The molecule has 4 amide bonds. The minimum atomic E-state index is -4.67. The summed E-state index contributed by atoms with van der Waals surface area (Å²) < 4.78 is 61.8. The fourth-order valence-electron chi connectivity index (χ4n) is 7.09. The summed E-state index contributed by atoms with van der Waals surface area (Å²) >= 11 is 0. The van der Waals surface area contributed by atoms with Gasteiger partial charge in [0.1, 0.15) is 23.4 Å². The quantitative estimate of drug-likeness (QED) is 0.0821. The molecule has 56 heavy (non-hydrogen) atoms. The molecule has 1 aliphatic carbocycles. The predicted molar refractivity (Wildman–Crippen MR) is 202 cm³/mol. The molecular weight excluding hydrogens is 734 g/mol. The zero-order valence-corrected chi connectivity index (χ0v) is 31.8. The first-order valence-corrected chi connectivity index (χ1v) is 18.5. The summed E-state index contributed by atoms with van der Waals surface area (Å²) in [6.45, 7) is 7.12. The Morgan fingerprint density at radius 3 is 2.23 bits per heavy atom. The number of halogens is 4. The van der Waals surface area contributed by atoms with Crippen LogP contribution in [-0.2, 0) is 44.6 Å². The largest absolute Gasteiger partial charge is 0.504 e. The van der Waals surface area contributed by atoms with Crippen LogP contribution < -0.4 is 26.0 Å². The first-order chi connectivity index (χ1) is 26.5. The normalized spacial score (nSPS) is 17.5. The Kier molecular flexibility index (Phi) is 12.6. The van der Waals surface area contributed by atoms with Gasteiger partial charge in [0.25, 0.3) is 0 Å². The number of anilines is 1. The number of aromatic hydroxyl groups is 1. The number of aromatic amines is 1. The van der Waals surface area contributed by atoms with Gasteiger partial charge < -0.3 is 36.1 Å². The van der Waals surface area contributed by atoms with Crippen molar-refractivity contribution in [3.8, 4) is 11.5 Å². The molecule has 0 spiro atoms. The van der Waals surface area contributed by atoms with E-state index < -0.39 is 70.6 Å². The van der Waals surface area contributed by atoms with E-state index in [1.807, 2.05) is 13.8 Å². The number of rotatable bonds is 14. The molecule has 5 atom stereocenters. The van der Waals surface area contributed by atoms with Crippen LogP contribution in [0, 0.1) is 17.7 Å². The molecule has 2 unspecified atom stereocenters. The highest BCUT2D eigenvalue weighted by molar-refractivity contribution is 6.01. The lowest BCUT2D eigenvalue weighted by Gasteiger charge is -2.39. The van der Waals surface area contributed by atoms with Gasteiger partial charge in [0.05, 0.1) is 24.6 Å². The van der Waals surface area contributed by atoms with Crippen molar-refractivity contribution in [1.82, 2.24) is 20.9 Å². The lowest BCUT2D eigenvalue weighted by atomic mass is 9.78. The Labute approximate surface area is 322 Å². The van der Waals surface area contributed by atoms with E-state index >= 15 is 0 Å². The number of carbonyl (C=O) groups excluding carboxylic acids is 4. The van der Waals surface area contributed by atoms with Gasteiger partial charge in [-0.3, -0.25) is 19.2 Å². The molecule has 1 aromatic heterocycles. The average molecular weight is 782 g/mol. The van der Waals surface area contributed by atoms with Crippen LogP contribution in [0.2, 0.25) is 0 Å². The third-order valence-electron chi connectivity index (χ3n) is 10.8. The topological polar surface area (TPSA) is 162 Å². The monoisotopic (exact) mass is 781 g/mol. The van der Waals surface area contributed by atoms with Crippen molar-refractivity contribution >= 4 is 40.2 Å². The van der Waals surface area contributed by atoms with E-state index in [1.54, 1.807) is 19.9 Å². The number of fused-ring (bicyclic) bond motifs is 3. The van der Waals surface area contributed by atoms with Gasteiger partial charge in [-0.1, -0.05) is 70.9 Å². The highest BCUT2D eigenvalue weighted by Gasteiger charge is 2.47. The molecule has 6 N–H and O–H groups in total. The summed E-state index contributed by atoms with van der Waals surface area (Å²) in [5.41, 5.74) is -1.60. The highest BCUT2D eigenvalue weighted by Crippen LogP contribution is 2.40. The van der Waals surface area contributed by atoms with Crippen molar-refractivity contribution in [3.05, 3.63) is 88.9 Å². The van der Waals surface area contributed by atoms with Crippen LogP contribution in [0.5, 0.6) is 11.5 Å². The van der Waals surface area contributed by atoms with Crippen LogP contribution in [0.1, 0.15) is 69.3 Å². The van der Waals surface area contributed by atoms with Crippen LogP contribution >= 0.6 is 0 Å². The molecule has 1 heterocycles. The first kappa shape index (κ1) is 41.6. The maximum absolute atomic E-state index is 14.8. The molecule has 4 aromatic rings. The molecule has 3 aromatic carbocycles. The number of H-pyrrole nitrogens is 1. The highest BCUT2D eigenvalue weighted by atomic mass is 19.4. The van der Waals surface area contributed by atoms with Gasteiger partial charge in [-0.25, -0.2) is 4.39 Å². The van der Waals surface area contributed by atoms with Gasteiger partial charge >= 0.3 is 6.18 Å². The summed E-state index contributed by atoms with van der Waals surface area (Å²) in [5, 5.41) is 21.7. The van der Waals surface area contributed by atoms with Crippen LogP contribution in [0.4, 0.5) is 23.2 Å². The summed E-state index contributed by atoms with van der Waals surface area (Å²) in [6, 6.07) is 11.4. The third-order valence-corrected chi connectivity index (χ3v) is 10.8. The SMILES string of the molecule is CCC(C)[C@H](NC(=O)Cc1ccccc1F)C(=O)N[C@]1(C(=O)N[C@H](C(=O)Nc2ccc(OC)c(O)c2)C(C)CC)CCc2[nH]c3c(C(F)(F)F)cccc3c2C1. The zero-order valence-electron chi connectivity index (χ0n) is 31.8. The van der Waals surface area contributed by atoms with E-state index in [1.165, 1.54) is 55.6 Å². The second-order valence-corrected chi connectivity index (χ2v) is 14.5. The van der Waals surface area contributed by atoms with E-state index in [4.69, 9.17) is 4.74 Å². The van der Waals surface area contributed by atoms with Gasteiger partial charge in [-0.2, -0.15) is 13.2 Å². The number of hydrogen-bond donors (Lipinski definition) is 6. The van der Waals surface area contributed by atoms with Crippen LogP contribution in [0.15, 0.2) is 60.7 Å². The Morgan fingerprint density at radius 1 is 0.929 bits per heavy atom. The smallest absolute Gasteiger partial charge is 0.418 e. The van der Waals surface area contributed by atoms with Gasteiger partial charge in [0, 0.05) is 29.3 Å². The number of hydrogen-bond acceptors (Lipinski definition) is 6. The predicted octanol–water partition coefficient (Wildman–Crippen LogP) is 6.33. The number of ether oxygens (including phenoxy) is 1. The Morgan fingerprint density at radius 2 is 1.61 bits per heavy atom. The van der Waals surface area contributed by atoms with E-state index in [0.717, 1.165) is 6.07 Å². The summed E-state index contributed by atoms with van der Waals surface area (Å²) in [5.74, 6) is -4.25. The summed E-state index contributed by atoms with van der Waals surface area (Å²) in [6.07, 6.45) is -4.38. The standard InChI is InChI=1S/C41H47F4N5O6/c1-6-22(3)34(37(53)46-25-15-16-32(56-5)31(51)20-25)49-39(55)40(18-17-30-27(21-40)26-12-10-13-28(36(26)47-30)41(43,44)45)50-38(54)35(23(4)7-2)48-33(52)19-24-11-8-9-14-29(24)42/h8-16,20,22-23,34-35,47,51H,6-7,17-19,21H2,1-5H3,(H,46,53)(H,48,52)(H,49,55)(H,50,54)/t22?,23?,34-,35-,40+/m0/s1. The second kappa shape index (κ2) is 17.0. The van der Waals surface area contributed by atoms with E-state index in [-0.39, 0.29) is 59.3 Å². The van der Waals surface area contributed by atoms with Crippen LogP contribution in [0.25, 0.3) is 10.9 Å². The lowest BCUT2D eigenvalue weighted by molar-refractivity contribution is -0.138. The number of phenols is 1. The number of amides is 4. The molecule has 1 aliphatic rings. The lowest BCUT2D eigenvalue weighted by Crippen LogP contribution is -2.67. The average Bonchev–Trinajstić information content (AvgIpc) is 3.53. The Hall–Kier alpha value is -5.60. The minimum Gasteiger partial charge on any atom is -0.504 e. The van der Waals surface area contributed by atoms with Gasteiger partial charge in [0.2, 0.25) is 23.6 Å². The fourth-order valence-corrected chi connectivity index (χ4v) is 7.09. The Bertz CT molecular complexity index is 2100. The Balaban J connectivity index is 1.51. The maximum atomic E-state index is 14.8. The van der Waals surface area contributed by atoms with Crippen molar-refractivity contribution < 1.29 is 46.6 Å². The number of nitrogens with one attached hydrogen (secondary N) is 5. The molecule has 5 rings (SSSR count). The molecule has 15 heteroatoms. The molecule has 11 nitrogen and oxygen atoms in total. The van der Waals surface area contributed by atoms with Crippen molar-refractivity contribution in [2.24, 2.45) is 11.8 Å². The number of benzene rings is 3. The molecule has 0 aliphatic heterocycles. The summed E-state index contributed by atoms with van der Waals surface area (Å²) in [7, 11) is 1.38. The molecular formula is C41H47F4N5O6. The maximum Gasteiger partial charge on any atom is 0.418 e. The number of methoxy groups -OCH3 is 1. The van der Waals surface area contributed by atoms with Crippen molar-refractivity contribution in [2.45, 2.75) is 90.0 Å². The number of aryl methyl sites for hydroxylation is 1. The first-order valence-electron chi connectivity index (χ1n) is 18.5. The minimum absolute atomic E-state index is 0.0635. The molecule has 0 bridgehead atoms. The second-order valence-electron chi connectivity index (χ2n) is 14.5. The summed E-state index contributed by atoms with van der Waals surface area (Å²) in [4.78, 5) is 59.1. The number of alkyl halides is 3. The van der Waals surface area contributed by atoms with E-state index in [9.17, 15) is 41.8 Å². The van der Waals surface area contributed by atoms with Crippen LogP contribution in [-0.4, -0.2) is 58.5 Å². The van der Waals surface area contributed by atoms with Crippen molar-refractivity contribution in [3.63, 3.8) is 0 Å². The van der Waals surface area contributed by atoms with Gasteiger partial charge in [-0.05, 0) is 60.1 Å². The molecule has 0 saturated carbocycles. The number of carbonyl (C=O) groups is 4.